The molecule has 0 bridgehead atoms. The van der Waals surface area contributed by atoms with Crippen LogP contribution in [0.3, 0.4) is 0 Å². The third-order valence-corrected chi connectivity index (χ3v) is 4.34. The number of halogens is 1. The summed E-state index contributed by atoms with van der Waals surface area (Å²) < 4.78 is 1.41. The number of hydrogen-bond acceptors (Lipinski definition) is 5. The van der Waals surface area contributed by atoms with E-state index in [9.17, 15) is 14.9 Å². The molecule has 2 aromatic heterocycles. The lowest BCUT2D eigenvalue weighted by Gasteiger charge is -2.02. The van der Waals surface area contributed by atoms with E-state index in [1.807, 2.05) is 0 Å². The summed E-state index contributed by atoms with van der Waals surface area (Å²) in [7, 11) is 0. The molecule has 3 rings (SSSR count). The number of hydrogen-bond donors (Lipinski definition) is 1. The van der Waals surface area contributed by atoms with Crippen molar-refractivity contribution in [3.8, 4) is 0 Å². The van der Waals surface area contributed by atoms with Crippen LogP contribution in [0.2, 0.25) is 4.34 Å². The van der Waals surface area contributed by atoms with Gasteiger partial charge in [-0.05, 0) is 24.3 Å². The molecule has 0 spiro atoms. The topological polar surface area (TPSA) is 91.2 Å². The number of nitrogens with two attached hydrogens (primary N) is 1. The Kier molecular flexibility index (Phi) is 3.15. The summed E-state index contributed by atoms with van der Waals surface area (Å²) in [6.45, 7) is 0. The van der Waals surface area contributed by atoms with Crippen LogP contribution in [0.25, 0.3) is 10.9 Å². The van der Waals surface area contributed by atoms with Crippen molar-refractivity contribution in [2.45, 2.75) is 0 Å². The molecule has 2 heterocycles. The number of rotatable bonds is 2. The lowest BCUT2D eigenvalue weighted by molar-refractivity contribution is -0.384. The summed E-state index contributed by atoms with van der Waals surface area (Å²) in [5, 5.41) is 11.6. The Labute approximate surface area is 127 Å². The molecule has 0 saturated carbocycles. The standard InChI is InChI=1S/C13H8ClN3O3S/c14-12-10(17(19)20)6-11(21-12)13(18)16-4-3-7-5-8(15)1-2-9(7)16/h1-6H,15H2. The molecule has 1 aromatic carbocycles. The van der Waals surface area contributed by atoms with E-state index in [0.29, 0.717) is 11.2 Å². The van der Waals surface area contributed by atoms with Gasteiger partial charge in [-0.2, -0.15) is 0 Å². The van der Waals surface area contributed by atoms with E-state index in [1.54, 1.807) is 30.5 Å². The van der Waals surface area contributed by atoms with Crippen molar-refractivity contribution < 1.29 is 9.72 Å². The third-order valence-electron chi connectivity index (χ3n) is 3.01. The summed E-state index contributed by atoms with van der Waals surface area (Å²) in [5.74, 6) is -0.366. The number of thiophene rings is 1. The first-order chi connectivity index (χ1) is 9.97. The Morgan fingerprint density at radius 2 is 2.10 bits per heavy atom. The van der Waals surface area contributed by atoms with Gasteiger partial charge in [0, 0.05) is 23.3 Å². The molecule has 0 fully saturated rings. The minimum Gasteiger partial charge on any atom is -0.399 e. The van der Waals surface area contributed by atoms with E-state index in [2.05, 4.69) is 0 Å². The molecule has 3 aromatic rings. The van der Waals surface area contributed by atoms with Crippen LogP contribution < -0.4 is 5.73 Å². The SMILES string of the molecule is Nc1ccc2c(ccn2C(=O)c2cc([N+](=O)[O-])c(Cl)s2)c1. The first-order valence-corrected chi connectivity index (χ1v) is 7.02. The minimum absolute atomic E-state index is 0.0101. The van der Waals surface area contributed by atoms with Gasteiger partial charge in [0.2, 0.25) is 0 Å². The molecule has 0 radical (unpaired) electrons. The lowest BCUT2D eigenvalue weighted by Crippen LogP contribution is -2.08. The van der Waals surface area contributed by atoms with Crippen LogP contribution >= 0.6 is 22.9 Å². The Hall–Kier alpha value is -2.38. The van der Waals surface area contributed by atoms with E-state index in [4.69, 9.17) is 17.3 Å². The van der Waals surface area contributed by atoms with Crippen molar-refractivity contribution in [1.29, 1.82) is 0 Å². The second-order valence-electron chi connectivity index (χ2n) is 4.34. The molecule has 8 heteroatoms. The van der Waals surface area contributed by atoms with Gasteiger partial charge in [-0.1, -0.05) is 11.6 Å². The first kappa shape index (κ1) is 13.6. The van der Waals surface area contributed by atoms with Crippen LogP contribution in [-0.2, 0) is 0 Å². The number of nitro groups is 1. The molecule has 21 heavy (non-hydrogen) atoms. The zero-order valence-corrected chi connectivity index (χ0v) is 12.0. The van der Waals surface area contributed by atoms with E-state index in [0.717, 1.165) is 16.7 Å². The third kappa shape index (κ3) is 2.26. The van der Waals surface area contributed by atoms with Crippen molar-refractivity contribution in [2.24, 2.45) is 0 Å². The van der Waals surface area contributed by atoms with Crippen molar-refractivity contribution in [3.05, 3.63) is 55.9 Å². The molecule has 0 aliphatic rings. The highest BCUT2D eigenvalue weighted by Crippen LogP contribution is 2.34. The zero-order chi connectivity index (χ0) is 15.1. The Balaban J connectivity index is 2.08. The van der Waals surface area contributed by atoms with Gasteiger partial charge in [-0.3, -0.25) is 19.5 Å². The number of fused-ring (bicyclic) bond motifs is 1. The largest absolute Gasteiger partial charge is 0.399 e. The maximum absolute atomic E-state index is 12.5. The number of nitrogen functional groups attached to an aromatic ring is 1. The van der Waals surface area contributed by atoms with Crippen LogP contribution in [0.4, 0.5) is 11.4 Å². The second kappa shape index (κ2) is 4.87. The molecule has 2 N–H and O–H groups in total. The second-order valence-corrected chi connectivity index (χ2v) is 5.99. The maximum Gasteiger partial charge on any atom is 0.299 e. The fourth-order valence-corrected chi connectivity index (χ4v) is 3.21. The fraction of sp³-hybridized carbons (Fsp3) is 0. The molecule has 0 atom stereocenters. The van der Waals surface area contributed by atoms with Crippen molar-refractivity contribution in [1.82, 2.24) is 4.57 Å². The number of aromatic nitrogens is 1. The van der Waals surface area contributed by atoms with E-state index in [-0.39, 0.29) is 20.8 Å². The van der Waals surface area contributed by atoms with Crippen LogP contribution in [0.15, 0.2) is 36.5 Å². The minimum atomic E-state index is -0.607. The van der Waals surface area contributed by atoms with Crippen molar-refractivity contribution in [3.63, 3.8) is 0 Å². The number of carbonyl (C=O) groups is 1. The highest BCUT2D eigenvalue weighted by Gasteiger charge is 2.22. The summed E-state index contributed by atoms with van der Waals surface area (Å²) in [6, 6.07) is 8.12. The van der Waals surface area contributed by atoms with Gasteiger partial charge in [-0.25, -0.2) is 0 Å². The Bertz CT molecular complexity index is 884. The molecule has 106 valence electrons. The van der Waals surface area contributed by atoms with Crippen molar-refractivity contribution >= 4 is 51.1 Å². The molecular formula is C13H8ClN3O3S. The number of anilines is 1. The smallest absolute Gasteiger partial charge is 0.299 e. The maximum atomic E-state index is 12.5. The quantitative estimate of drug-likeness (QED) is 0.444. The Morgan fingerprint density at radius 1 is 1.33 bits per heavy atom. The normalized spacial score (nSPS) is 10.9. The molecule has 0 saturated heterocycles. The van der Waals surface area contributed by atoms with Gasteiger partial charge in [-0.15, -0.1) is 11.3 Å². The molecule has 0 aliphatic carbocycles. The van der Waals surface area contributed by atoms with Crippen LogP contribution in [0.5, 0.6) is 0 Å². The monoisotopic (exact) mass is 321 g/mol. The van der Waals surface area contributed by atoms with Gasteiger partial charge < -0.3 is 5.73 Å². The zero-order valence-electron chi connectivity index (χ0n) is 10.4. The fourth-order valence-electron chi connectivity index (χ4n) is 2.05. The highest BCUT2D eigenvalue weighted by molar-refractivity contribution is 7.18. The van der Waals surface area contributed by atoms with Gasteiger partial charge in [0.25, 0.3) is 11.6 Å². The molecule has 0 unspecified atom stereocenters. The summed E-state index contributed by atoms with van der Waals surface area (Å²) in [6.07, 6.45) is 1.60. The summed E-state index contributed by atoms with van der Waals surface area (Å²) in [4.78, 5) is 22.8. The summed E-state index contributed by atoms with van der Waals surface area (Å²) in [5.41, 5.74) is 6.72. The van der Waals surface area contributed by atoms with E-state index >= 15 is 0 Å². The van der Waals surface area contributed by atoms with Crippen LogP contribution in [0.1, 0.15) is 9.67 Å². The van der Waals surface area contributed by atoms with Gasteiger partial charge in [0.15, 0.2) is 4.34 Å². The lowest BCUT2D eigenvalue weighted by atomic mass is 10.2. The Morgan fingerprint density at radius 3 is 2.76 bits per heavy atom. The summed E-state index contributed by atoms with van der Waals surface area (Å²) >= 11 is 6.67. The molecule has 6 nitrogen and oxygen atoms in total. The molecule has 0 aliphatic heterocycles. The van der Waals surface area contributed by atoms with E-state index < -0.39 is 4.92 Å². The van der Waals surface area contributed by atoms with Gasteiger partial charge >= 0.3 is 0 Å². The molecular weight excluding hydrogens is 314 g/mol. The van der Waals surface area contributed by atoms with Crippen molar-refractivity contribution in [2.75, 3.05) is 5.73 Å². The number of carbonyl (C=O) groups excluding carboxylic acids is 1. The average molecular weight is 322 g/mol. The average Bonchev–Trinajstić information content (AvgIpc) is 3.01. The molecule has 0 amide bonds. The van der Waals surface area contributed by atoms with E-state index in [1.165, 1.54) is 10.6 Å². The number of benzene rings is 1. The number of nitrogens with zero attached hydrogens (tertiary/aromatic N) is 2. The van der Waals surface area contributed by atoms with Gasteiger partial charge in [0.05, 0.1) is 10.4 Å². The predicted molar refractivity (Wildman–Crippen MR) is 82.1 cm³/mol. The van der Waals surface area contributed by atoms with Crippen LogP contribution in [-0.4, -0.2) is 15.4 Å². The first-order valence-electron chi connectivity index (χ1n) is 5.82. The highest BCUT2D eigenvalue weighted by atomic mass is 35.5. The predicted octanol–water partition coefficient (Wildman–Crippen LogP) is 3.54. The van der Waals surface area contributed by atoms with Gasteiger partial charge in [0.1, 0.15) is 4.88 Å². The van der Waals surface area contributed by atoms with Crippen LogP contribution in [0, 0.1) is 10.1 Å².